The van der Waals surface area contributed by atoms with Crippen molar-refractivity contribution >= 4 is 17.5 Å². The molecule has 26 heavy (non-hydrogen) atoms. The number of amides is 2. The topological polar surface area (TPSA) is 67.9 Å². The number of nitrogens with one attached hydrogen (secondary N) is 1. The summed E-state index contributed by atoms with van der Waals surface area (Å²) in [6.07, 6.45) is 0. The van der Waals surface area contributed by atoms with Crippen LogP contribution in [-0.2, 0) is 9.59 Å². The molecule has 2 aromatic carbocycles. The molecule has 1 N–H and O–H groups in total. The van der Waals surface area contributed by atoms with Gasteiger partial charge in [-0.25, -0.2) is 0 Å². The normalized spacial score (nSPS) is 10.1. The molecule has 0 unspecified atom stereocenters. The quantitative estimate of drug-likeness (QED) is 0.789. The van der Waals surface area contributed by atoms with Crippen LogP contribution in [0.5, 0.6) is 11.5 Å². The summed E-state index contributed by atoms with van der Waals surface area (Å²) in [7, 11) is 1.56. The van der Waals surface area contributed by atoms with Crippen LogP contribution >= 0.6 is 0 Å². The van der Waals surface area contributed by atoms with Gasteiger partial charge in [0, 0.05) is 20.0 Å². The molecule has 2 amide bonds. The number of carbonyl (C=O) groups excluding carboxylic acids is 2. The average molecular weight is 356 g/mol. The zero-order valence-corrected chi connectivity index (χ0v) is 15.3. The van der Waals surface area contributed by atoms with Gasteiger partial charge in [0.15, 0.2) is 6.61 Å². The minimum Gasteiger partial charge on any atom is -0.495 e. The van der Waals surface area contributed by atoms with Gasteiger partial charge in [-0.2, -0.15) is 0 Å². The van der Waals surface area contributed by atoms with Gasteiger partial charge in [-0.05, 0) is 31.2 Å². The minimum atomic E-state index is -0.242. The smallest absolute Gasteiger partial charge is 0.258 e. The Labute approximate surface area is 153 Å². The molecule has 6 heteroatoms. The molecule has 0 fully saturated rings. The lowest BCUT2D eigenvalue weighted by Crippen LogP contribution is -2.39. The maximum atomic E-state index is 12.0. The maximum absolute atomic E-state index is 12.0. The van der Waals surface area contributed by atoms with Crippen molar-refractivity contribution in [2.75, 3.05) is 31.7 Å². The number of methoxy groups -OCH3 is 1. The Balaban J connectivity index is 1.84. The summed E-state index contributed by atoms with van der Waals surface area (Å²) in [6, 6.07) is 14.8. The molecule has 0 spiro atoms. The first-order chi connectivity index (χ1) is 12.5. The minimum absolute atomic E-state index is 0.0716. The van der Waals surface area contributed by atoms with Crippen molar-refractivity contribution in [2.24, 2.45) is 0 Å². The van der Waals surface area contributed by atoms with E-state index >= 15 is 0 Å². The maximum Gasteiger partial charge on any atom is 0.258 e. The van der Waals surface area contributed by atoms with Crippen molar-refractivity contribution in [1.82, 2.24) is 5.32 Å². The highest BCUT2D eigenvalue weighted by molar-refractivity contribution is 5.93. The van der Waals surface area contributed by atoms with Crippen LogP contribution in [0.2, 0.25) is 0 Å². The van der Waals surface area contributed by atoms with Crippen molar-refractivity contribution in [3.63, 3.8) is 0 Å². The van der Waals surface area contributed by atoms with E-state index in [0.29, 0.717) is 30.3 Å². The first-order valence-corrected chi connectivity index (χ1v) is 8.38. The SMILES string of the molecule is COc1ccccc1N(CCNC(=O)COc1ccc(C)cc1)C(C)=O. The summed E-state index contributed by atoms with van der Waals surface area (Å²) in [5, 5.41) is 2.76. The zero-order chi connectivity index (χ0) is 18.9. The van der Waals surface area contributed by atoms with Crippen molar-refractivity contribution in [3.8, 4) is 11.5 Å². The van der Waals surface area contributed by atoms with Crippen molar-refractivity contribution in [3.05, 3.63) is 54.1 Å². The third-order valence-corrected chi connectivity index (χ3v) is 3.80. The van der Waals surface area contributed by atoms with Gasteiger partial charge in [-0.15, -0.1) is 0 Å². The van der Waals surface area contributed by atoms with Crippen LogP contribution in [0.4, 0.5) is 5.69 Å². The average Bonchev–Trinajstić information content (AvgIpc) is 2.64. The van der Waals surface area contributed by atoms with Crippen LogP contribution < -0.4 is 19.7 Å². The molecule has 0 aromatic heterocycles. The van der Waals surface area contributed by atoms with Gasteiger partial charge >= 0.3 is 0 Å². The lowest BCUT2D eigenvalue weighted by molar-refractivity contribution is -0.123. The molecule has 0 saturated carbocycles. The van der Waals surface area contributed by atoms with Crippen LogP contribution in [0.1, 0.15) is 12.5 Å². The first-order valence-electron chi connectivity index (χ1n) is 8.38. The van der Waals surface area contributed by atoms with Crippen LogP contribution in [0.3, 0.4) is 0 Å². The van der Waals surface area contributed by atoms with Crippen molar-refractivity contribution in [1.29, 1.82) is 0 Å². The van der Waals surface area contributed by atoms with Gasteiger partial charge in [0.05, 0.1) is 12.8 Å². The number of hydrogen-bond donors (Lipinski definition) is 1. The number of nitrogens with zero attached hydrogens (tertiary/aromatic N) is 1. The van der Waals surface area contributed by atoms with Crippen LogP contribution in [-0.4, -0.2) is 38.6 Å². The third-order valence-electron chi connectivity index (χ3n) is 3.80. The zero-order valence-electron chi connectivity index (χ0n) is 15.3. The molecular formula is C20H24N2O4. The third kappa shape index (κ3) is 5.51. The second-order valence-corrected chi connectivity index (χ2v) is 5.79. The second kappa shape index (κ2) is 9.46. The van der Waals surface area contributed by atoms with E-state index in [0.717, 1.165) is 5.56 Å². The first kappa shape index (κ1) is 19.3. The lowest BCUT2D eigenvalue weighted by Gasteiger charge is -2.23. The molecule has 0 aliphatic rings. The second-order valence-electron chi connectivity index (χ2n) is 5.79. The van der Waals surface area contributed by atoms with Gasteiger partial charge < -0.3 is 19.7 Å². The molecule has 0 bridgehead atoms. The number of rotatable bonds is 8. The van der Waals surface area contributed by atoms with Gasteiger partial charge in [0.25, 0.3) is 5.91 Å². The van der Waals surface area contributed by atoms with Crippen molar-refractivity contribution in [2.45, 2.75) is 13.8 Å². The number of benzene rings is 2. The molecule has 138 valence electrons. The van der Waals surface area contributed by atoms with E-state index in [2.05, 4.69) is 5.32 Å². The molecule has 0 heterocycles. The fraction of sp³-hybridized carbons (Fsp3) is 0.300. The standard InChI is InChI=1S/C20H24N2O4/c1-15-8-10-17(11-9-15)26-14-20(24)21-12-13-22(16(2)23)18-6-4-5-7-19(18)25-3/h4-11H,12-14H2,1-3H3,(H,21,24). The summed E-state index contributed by atoms with van der Waals surface area (Å²) in [5.74, 6) is 0.885. The fourth-order valence-corrected chi connectivity index (χ4v) is 2.44. The van der Waals surface area contributed by atoms with Crippen LogP contribution in [0.15, 0.2) is 48.5 Å². The summed E-state index contributed by atoms with van der Waals surface area (Å²) >= 11 is 0. The van der Waals surface area contributed by atoms with E-state index < -0.39 is 0 Å². The Hall–Kier alpha value is -3.02. The molecule has 0 atom stereocenters. The lowest BCUT2D eigenvalue weighted by atomic mass is 10.2. The Morgan fingerprint density at radius 1 is 1.08 bits per heavy atom. The largest absolute Gasteiger partial charge is 0.495 e. The monoisotopic (exact) mass is 356 g/mol. The Kier molecular flexibility index (Phi) is 7.02. The Morgan fingerprint density at radius 3 is 2.42 bits per heavy atom. The number of carbonyl (C=O) groups is 2. The molecule has 6 nitrogen and oxygen atoms in total. The van der Waals surface area contributed by atoms with E-state index in [1.165, 1.54) is 6.92 Å². The predicted octanol–water partition coefficient (Wildman–Crippen LogP) is 2.55. The number of anilines is 1. The van der Waals surface area contributed by atoms with E-state index in [4.69, 9.17) is 9.47 Å². The molecule has 2 rings (SSSR count). The highest BCUT2D eigenvalue weighted by Gasteiger charge is 2.15. The molecule has 0 aliphatic heterocycles. The Bertz CT molecular complexity index is 744. The number of ether oxygens (including phenoxy) is 2. The van der Waals surface area contributed by atoms with E-state index in [1.54, 1.807) is 18.1 Å². The summed E-state index contributed by atoms with van der Waals surface area (Å²) in [6.45, 7) is 4.05. The van der Waals surface area contributed by atoms with E-state index in [9.17, 15) is 9.59 Å². The summed E-state index contributed by atoms with van der Waals surface area (Å²) in [4.78, 5) is 25.5. The molecular weight excluding hydrogens is 332 g/mol. The number of para-hydroxylation sites is 2. The number of aryl methyl sites for hydroxylation is 1. The van der Waals surface area contributed by atoms with Crippen molar-refractivity contribution < 1.29 is 19.1 Å². The molecule has 0 radical (unpaired) electrons. The van der Waals surface area contributed by atoms with Crippen LogP contribution in [0, 0.1) is 6.92 Å². The highest BCUT2D eigenvalue weighted by Crippen LogP contribution is 2.27. The van der Waals surface area contributed by atoms with Gasteiger partial charge in [-0.1, -0.05) is 29.8 Å². The predicted molar refractivity (Wildman–Crippen MR) is 101 cm³/mol. The van der Waals surface area contributed by atoms with Gasteiger partial charge in [0.2, 0.25) is 5.91 Å². The number of hydrogen-bond acceptors (Lipinski definition) is 4. The van der Waals surface area contributed by atoms with Gasteiger partial charge in [0.1, 0.15) is 11.5 Å². The molecule has 0 saturated heterocycles. The molecule has 0 aliphatic carbocycles. The summed E-state index contributed by atoms with van der Waals surface area (Å²) in [5.41, 5.74) is 1.80. The van der Waals surface area contributed by atoms with Crippen LogP contribution in [0.25, 0.3) is 0 Å². The van der Waals surface area contributed by atoms with E-state index in [-0.39, 0.29) is 18.4 Å². The fourth-order valence-electron chi connectivity index (χ4n) is 2.44. The summed E-state index contributed by atoms with van der Waals surface area (Å²) < 4.78 is 10.7. The Morgan fingerprint density at radius 2 is 1.77 bits per heavy atom. The highest BCUT2D eigenvalue weighted by atomic mass is 16.5. The van der Waals surface area contributed by atoms with E-state index in [1.807, 2.05) is 49.4 Å². The molecule has 2 aromatic rings. The van der Waals surface area contributed by atoms with Gasteiger partial charge in [-0.3, -0.25) is 9.59 Å².